The van der Waals surface area contributed by atoms with E-state index in [9.17, 15) is 9.59 Å². The van der Waals surface area contributed by atoms with Gasteiger partial charge in [0.1, 0.15) is 0 Å². The molecular formula is C15H14O3. The van der Waals surface area contributed by atoms with Crippen molar-refractivity contribution in [3.05, 3.63) is 71.3 Å². The quantitative estimate of drug-likeness (QED) is 0.664. The van der Waals surface area contributed by atoms with Crippen molar-refractivity contribution in [2.75, 3.05) is 7.11 Å². The van der Waals surface area contributed by atoms with E-state index in [0.717, 1.165) is 7.11 Å². The number of aliphatic hydroxyl groups is 1. The molecule has 0 aliphatic rings. The van der Waals surface area contributed by atoms with E-state index >= 15 is 0 Å². The van der Waals surface area contributed by atoms with E-state index in [4.69, 9.17) is 5.11 Å². The van der Waals surface area contributed by atoms with Gasteiger partial charge < -0.3 is 5.11 Å². The molecule has 0 atom stereocenters. The normalized spacial score (nSPS) is 9.00. The second-order valence-corrected chi connectivity index (χ2v) is 3.40. The van der Waals surface area contributed by atoms with Gasteiger partial charge in [-0.1, -0.05) is 54.6 Å². The highest BCUT2D eigenvalue weighted by molar-refractivity contribution is 6.12. The maximum atomic E-state index is 12.1. The second kappa shape index (κ2) is 7.14. The summed E-state index contributed by atoms with van der Waals surface area (Å²) in [6, 6.07) is 15.7. The molecule has 0 aliphatic carbocycles. The predicted molar refractivity (Wildman–Crippen MR) is 69.8 cm³/mol. The van der Waals surface area contributed by atoms with Crippen LogP contribution in [0.3, 0.4) is 0 Å². The molecule has 1 N–H and O–H groups in total. The summed E-state index contributed by atoms with van der Waals surface area (Å²) in [4.78, 5) is 22.9. The van der Waals surface area contributed by atoms with Crippen LogP contribution in [0.4, 0.5) is 0 Å². The number of benzene rings is 2. The van der Waals surface area contributed by atoms with Crippen LogP contribution >= 0.6 is 0 Å². The van der Waals surface area contributed by atoms with E-state index in [1.807, 2.05) is 6.07 Å². The van der Waals surface area contributed by atoms with Crippen molar-refractivity contribution in [1.82, 2.24) is 0 Å². The summed E-state index contributed by atoms with van der Waals surface area (Å²) >= 11 is 0. The zero-order chi connectivity index (χ0) is 13.4. The molecule has 2 aromatic rings. The number of rotatable bonds is 3. The molecule has 0 aliphatic heterocycles. The van der Waals surface area contributed by atoms with Crippen molar-refractivity contribution in [2.24, 2.45) is 0 Å². The minimum Gasteiger partial charge on any atom is -0.400 e. The molecule has 0 aromatic heterocycles. The van der Waals surface area contributed by atoms with Crippen LogP contribution in [0.15, 0.2) is 54.6 Å². The zero-order valence-corrected chi connectivity index (χ0v) is 10.0. The fraction of sp³-hybridized carbons (Fsp3) is 0.0667. The van der Waals surface area contributed by atoms with Crippen molar-refractivity contribution in [1.29, 1.82) is 0 Å². The van der Waals surface area contributed by atoms with Crippen molar-refractivity contribution in [3.63, 3.8) is 0 Å². The number of ketones is 1. The SMILES string of the molecule is CO.O=Cc1ccccc1C(=O)c1ccccc1. The highest BCUT2D eigenvalue weighted by Crippen LogP contribution is 2.12. The zero-order valence-electron chi connectivity index (χ0n) is 10.0. The van der Waals surface area contributed by atoms with Crippen LogP contribution in [0, 0.1) is 0 Å². The molecule has 0 unspecified atom stereocenters. The molecule has 18 heavy (non-hydrogen) atoms. The lowest BCUT2D eigenvalue weighted by Gasteiger charge is -2.03. The highest BCUT2D eigenvalue weighted by atomic mass is 16.2. The lowest BCUT2D eigenvalue weighted by molar-refractivity contribution is 0.102. The Kier molecular flexibility index (Phi) is 5.48. The number of hydrogen-bond donors (Lipinski definition) is 1. The van der Waals surface area contributed by atoms with Gasteiger partial charge in [-0.2, -0.15) is 0 Å². The topological polar surface area (TPSA) is 54.4 Å². The van der Waals surface area contributed by atoms with Crippen molar-refractivity contribution >= 4 is 12.1 Å². The minimum atomic E-state index is -0.122. The fourth-order valence-corrected chi connectivity index (χ4v) is 1.55. The van der Waals surface area contributed by atoms with E-state index in [1.165, 1.54) is 0 Å². The maximum absolute atomic E-state index is 12.1. The monoisotopic (exact) mass is 242 g/mol. The molecule has 0 fully saturated rings. The Morgan fingerprint density at radius 1 is 0.944 bits per heavy atom. The van der Waals surface area contributed by atoms with Gasteiger partial charge in [0.2, 0.25) is 0 Å². The number of carbonyl (C=O) groups is 2. The Morgan fingerprint density at radius 3 is 2.11 bits per heavy atom. The highest BCUT2D eigenvalue weighted by Gasteiger charge is 2.11. The van der Waals surface area contributed by atoms with Crippen LogP contribution in [0.5, 0.6) is 0 Å². The van der Waals surface area contributed by atoms with Gasteiger partial charge in [0.05, 0.1) is 0 Å². The summed E-state index contributed by atoms with van der Waals surface area (Å²) in [6.45, 7) is 0. The largest absolute Gasteiger partial charge is 0.400 e. The molecule has 3 heteroatoms. The van der Waals surface area contributed by atoms with Gasteiger partial charge >= 0.3 is 0 Å². The number of aliphatic hydroxyl groups excluding tert-OH is 1. The van der Waals surface area contributed by atoms with E-state index in [2.05, 4.69) is 0 Å². The molecule has 0 saturated carbocycles. The fourth-order valence-electron chi connectivity index (χ4n) is 1.55. The van der Waals surface area contributed by atoms with Gasteiger partial charge in [0, 0.05) is 23.8 Å². The molecule has 0 bridgehead atoms. The molecule has 0 heterocycles. The van der Waals surface area contributed by atoms with Gasteiger partial charge in [-0.15, -0.1) is 0 Å². The average molecular weight is 242 g/mol. The van der Waals surface area contributed by atoms with Crippen LogP contribution in [0.25, 0.3) is 0 Å². The Balaban J connectivity index is 0.000000771. The van der Waals surface area contributed by atoms with Crippen LogP contribution in [0.2, 0.25) is 0 Å². The predicted octanol–water partition coefficient (Wildman–Crippen LogP) is 2.34. The van der Waals surface area contributed by atoms with Gasteiger partial charge in [-0.25, -0.2) is 0 Å². The smallest absolute Gasteiger partial charge is 0.193 e. The van der Waals surface area contributed by atoms with Crippen LogP contribution in [0.1, 0.15) is 26.3 Å². The first kappa shape index (κ1) is 13.8. The lowest BCUT2D eigenvalue weighted by atomic mass is 9.99. The maximum Gasteiger partial charge on any atom is 0.193 e. The summed E-state index contributed by atoms with van der Waals surface area (Å²) in [5, 5.41) is 7.00. The molecule has 2 aromatic carbocycles. The summed E-state index contributed by atoms with van der Waals surface area (Å²) in [7, 11) is 1.00. The summed E-state index contributed by atoms with van der Waals surface area (Å²) in [5.41, 5.74) is 1.47. The molecule has 0 radical (unpaired) electrons. The first-order valence-corrected chi connectivity index (χ1v) is 5.41. The van der Waals surface area contributed by atoms with E-state index in [0.29, 0.717) is 23.0 Å². The van der Waals surface area contributed by atoms with Crippen LogP contribution in [-0.4, -0.2) is 24.3 Å². The van der Waals surface area contributed by atoms with Gasteiger partial charge in [0.25, 0.3) is 0 Å². The number of hydrogen-bond acceptors (Lipinski definition) is 3. The first-order chi connectivity index (χ1) is 8.83. The van der Waals surface area contributed by atoms with Crippen molar-refractivity contribution in [2.45, 2.75) is 0 Å². The van der Waals surface area contributed by atoms with Gasteiger partial charge in [0.15, 0.2) is 12.1 Å². The van der Waals surface area contributed by atoms with Crippen LogP contribution < -0.4 is 0 Å². The molecule has 92 valence electrons. The lowest BCUT2D eigenvalue weighted by Crippen LogP contribution is -2.04. The molecular weight excluding hydrogens is 228 g/mol. The third kappa shape index (κ3) is 3.12. The Labute approximate surface area is 106 Å². The Bertz CT molecular complexity index is 518. The average Bonchev–Trinajstić information content (AvgIpc) is 2.49. The number of carbonyl (C=O) groups excluding carboxylic acids is 2. The summed E-state index contributed by atoms with van der Waals surface area (Å²) in [5.74, 6) is -0.122. The third-order valence-electron chi connectivity index (χ3n) is 2.37. The van der Waals surface area contributed by atoms with E-state index < -0.39 is 0 Å². The molecule has 0 amide bonds. The summed E-state index contributed by atoms with van der Waals surface area (Å²) < 4.78 is 0. The number of aldehydes is 1. The van der Waals surface area contributed by atoms with E-state index in [1.54, 1.807) is 48.5 Å². The van der Waals surface area contributed by atoms with E-state index in [-0.39, 0.29) is 5.78 Å². The van der Waals surface area contributed by atoms with Crippen molar-refractivity contribution < 1.29 is 14.7 Å². The first-order valence-electron chi connectivity index (χ1n) is 5.41. The van der Waals surface area contributed by atoms with Gasteiger partial charge in [-0.3, -0.25) is 9.59 Å². The molecule has 0 spiro atoms. The Morgan fingerprint density at radius 2 is 1.50 bits per heavy atom. The Hall–Kier alpha value is -2.26. The summed E-state index contributed by atoms with van der Waals surface area (Å²) in [6.07, 6.45) is 0.705. The standard InChI is InChI=1S/C14H10O2.CH4O/c15-10-12-8-4-5-9-13(12)14(16)11-6-2-1-3-7-11;1-2/h1-10H;2H,1H3. The second-order valence-electron chi connectivity index (χ2n) is 3.40. The van der Waals surface area contributed by atoms with Gasteiger partial charge in [-0.05, 0) is 0 Å². The molecule has 3 nitrogen and oxygen atoms in total. The molecule has 0 saturated heterocycles. The third-order valence-corrected chi connectivity index (χ3v) is 2.37. The van der Waals surface area contributed by atoms with Crippen LogP contribution in [-0.2, 0) is 0 Å². The molecule has 2 rings (SSSR count). The minimum absolute atomic E-state index is 0.122. The van der Waals surface area contributed by atoms with Crippen molar-refractivity contribution in [3.8, 4) is 0 Å².